The van der Waals surface area contributed by atoms with E-state index < -0.39 is 0 Å². The molecule has 0 bridgehead atoms. The minimum atomic E-state index is 0.735. The van der Waals surface area contributed by atoms with Crippen molar-refractivity contribution in [3.05, 3.63) is 84.4 Å². The molecule has 0 radical (unpaired) electrons. The number of benzene rings is 1. The molecule has 0 N–H and O–H groups in total. The van der Waals surface area contributed by atoms with Crippen molar-refractivity contribution in [2.24, 2.45) is 0 Å². The topological polar surface area (TPSA) is 26.2 Å². The molecule has 3 rings (SSSR count). The van der Waals surface area contributed by atoms with E-state index in [-0.39, 0.29) is 0 Å². The molecule has 0 fully saturated rings. The van der Waals surface area contributed by atoms with Crippen LogP contribution in [0.4, 0.5) is 0 Å². The summed E-state index contributed by atoms with van der Waals surface area (Å²) in [5, 5.41) is 0. The summed E-state index contributed by atoms with van der Waals surface area (Å²) >= 11 is 0. The first-order chi connectivity index (χ1) is 11.8. The number of methoxy groups -OCH3 is 2. The molecule has 0 aliphatic heterocycles. The molecule has 1 aromatic carbocycles. The lowest BCUT2D eigenvalue weighted by Gasteiger charge is -2.12. The van der Waals surface area contributed by atoms with Gasteiger partial charge in [0, 0.05) is 24.3 Å². The smallest absolute Gasteiger partial charge is 0.177 e. The van der Waals surface area contributed by atoms with Crippen LogP contribution < -0.4 is 18.6 Å². The van der Waals surface area contributed by atoms with Gasteiger partial charge >= 0.3 is 0 Å². The van der Waals surface area contributed by atoms with Crippen molar-refractivity contribution >= 4 is 0 Å². The molecule has 0 unspecified atom stereocenters. The third-order valence-corrected chi connectivity index (χ3v) is 3.94. The van der Waals surface area contributed by atoms with Gasteiger partial charge in [0.1, 0.15) is 11.5 Å². The Hall–Kier alpha value is -2.88. The maximum atomic E-state index is 5.62. The Morgan fingerprint density at radius 2 is 1.00 bits per heavy atom. The van der Waals surface area contributed by atoms with Gasteiger partial charge in [-0.1, -0.05) is 12.1 Å². The van der Waals surface area contributed by atoms with E-state index in [1.165, 1.54) is 0 Å². The van der Waals surface area contributed by atoms with E-state index in [2.05, 4.69) is 21.3 Å². The second-order valence-electron chi connectivity index (χ2n) is 5.57. The van der Waals surface area contributed by atoms with Crippen molar-refractivity contribution in [1.29, 1.82) is 0 Å². The molecular formula is C20H22N2O2+2. The summed E-state index contributed by atoms with van der Waals surface area (Å²) in [5.41, 5.74) is 2.18. The molecule has 0 aliphatic carbocycles. The summed E-state index contributed by atoms with van der Waals surface area (Å²) in [6, 6.07) is 16.2. The number of ether oxygens (including phenoxy) is 2. The first kappa shape index (κ1) is 16.0. The summed E-state index contributed by atoms with van der Waals surface area (Å²) in [6.45, 7) is 1.47. The zero-order valence-electron chi connectivity index (χ0n) is 14.1. The fourth-order valence-electron chi connectivity index (χ4n) is 2.74. The lowest BCUT2D eigenvalue weighted by molar-refractivity contribution is -0.689. The third-order valence-electron chi connectivity index (χ3n) is 3.94. The van der Waals surface area contributed by atoms with Crippen molar-refractivity contribution in [3.63, 3.8) is 0 Å². The predicted octanol–water partition coefficient (Wildman–Crippen LogP) is 2.38. The van der Waals surface area contributed by atoms with Gasteiger partial charge in [-0.15, -0.1) is 0 Å². The maximum Gasteiger partial charge on any atom is 0.177 e. The lowest BCUT2D eigenvalue weighted by Crippen LogP contribution is -2.34. The molecule has 2 aromatic heterocycles. The van der Waals surface area contributed by atoms with Crippen LogP contribution in [0.25, 0.3) is 0 Å². The highest BCUT2D eigenvalue weighted by molar-refractivity contribution is 5.46. The van der Waals surface area contributed by atoms with Crippen LogP contribution in [0.15, 0.2) is 73.3 Å². The fourth-order valence-corrected chi connectivity index (χ4v) is 2.74. The van der Waals surface area contributed by atoms with Gasteiger partial charge in [0.05, 0.1) is 25.3 Å². The van der Waals surface area contributed by atoms with Crippen LogP contribution in [-0.2, 0) is 13.1 Å². The van der Waals surface area contributed by atoms with Gasteiger partial charge in [-0.05, 0) is 12.1 Å². The summed E-state index contributed by atoms with van der Waals surface area (Å²) < 4.78 is 15.5. The average molecular weight is 322 g/mol. The van der Waals surface area contributed by atoms with E-state index in [1.807, 2.05) is 61.2 Å². The van der Waals surface area contributed by atoms with Gasteiger partial charge in [-0.2, -0.15) is 0 Å². The molecule has 3 aromatic rings. The standard InChI is InChI=1S/C20H22N2O2/c1-23-19-13-18(16-22-11-7-4-8-12-22)20(24-2)14-17(19)15-21-9-5-3-6-10-21/h3-14H,15-16H2,1-2H3/q+2. The molecule has 24 heavy (non-hydrogen) atoms. The maximum absolute atomic E-state index is 5.62. The Balaban J connectivity index is 1.94. The summed E-state index contributed by atoms with van der Waals surface area (Å²) in [5.74, 6) is 1.75. The van der Waals surface area contributed by atoms with Crippen LogP contribution in [0.3, 0.4) is 0 Å². The molecule has 0 aliphatic rings. The molecular weight excluding hydrogens is 300 g/mol. The minimum Gasteiger partial charge on any atom is -0.496 e. The number of pyridine rings is 2. The Morgan fingerprint density at radius 3 is 1.33 bits per heavy atom. The Morgan fingerprint density at radius 1 is 0.625 bits per heavy atom. The second-order valence-corrected chi connectivity index (χ2v) is 5.57. The molecule has 0 saturated heterocycles. The van der Waals surface area contributed by atoms with E-state index in [0.29, 0.717) is 0 Å². The third kappa shape index (κ3) is 3.71. The van der Waals surface area contributed by atoms with Crippen molar-refractivity contribution in [2.45, 2.75) is 13.1 Å². The van der Waals surface area contributed by atoms with Crippen LogP contribution >= 0.6 is 0 Å². The molecule has 0 amide bonds. The van der Waals surface area contributed by atoms with Gasteiger partial charge in [-0.3, -0.25) is 0 Å². The average Bonchev–Trinajstić information content (AvgIpc) is 2.64. The van der Waals surface area contributed by atoms with Crippen LogP contribution in [-0.4, -0.2) is 14.2 Å². The Kier molecular flexibility index (Phi) is 5.06. The number of hydrogen-bond donors (Lipinski definition) is 0. The van der Waals surface area contributed by atoms with E-state index in [1.54, 1.807) is 14.2 Å². The van der Waals surface area contributed by atoms with Gasteiger partial charge in [0.25, 0.3) is 0 Å². The van der Waals surface area contributed by atoms with E-state index >= 15 is 0 Å². The molecule has 0 saturated carbocycles. The Labute approximate surface area is 142 Å². The monoisotopic (exact) mass is 322 g/mol. The SMILES string of the molecule is COc1cc(C[n+]2ccccc2)c(OC)cc1C[n+]1ccccc1. The van der Waals surface area contributed by atoms with E-state index in [0.717, 1.165) is 35.7 Å². The van der Waals surface area contributed by atoms with E-state index in [4.69, 9.17) is 9.47 Å². The van der Waals surface area contributed by atoms with Gasteiger partial charge in [-0.25, -0.2) is 9.13 Å². The van der Waals surface area contributed by atoms with Crippen molar-refractivity contribution in [1.82, 2.24) is 0 Å². The van der Waals surface area contributed by atoms with Crippen LogP contribution in [0.2, 0.25) is 0 Å². The molecule has 0 spiro atoms. The van der Waals surface area contributed by atoms with Crippen LogP contribution in [0.5, 0.6) is 11.5 Å². The number of rotatable bonds is 6. The zero-order valence-corrected chi connectivity index (χ0v) is 14.1. The molecule has 2 heterocycles. The fraction of sp³-hybridized carbons (Fsp3) is 0.200. The minimum absolute atomic E-state index is 0.735. The largest absolute Gasteiger partial charge is 0.496 e. The Bertz CT molecular complexity index is 720. The highest BCUT2D eigenvalue weighted by atomic mass is 16.5. The predicted molar refractivity (Wildman–Crippen MR) is 91.0 cm³/mol. The normalized spacial score (nSPS) is 10.4. The molecule has 0 atom stereocenters. The van der Waals surface area contributed by atoms with Crippen molar-refractivity contribution in [2.75, 3.05) is 14.2 Å². The van der Waals surface area contributed by atoms with Gasteiger partial charge < -0.3 is 9.47 Å². The first-order valence-corrected chi connectivity index (χ1v) is 7.92. The van der Waals surface area contributed by atoms with E-state index in [9.17, 15) is 0 Å². The summed E-state index contributed by atoms with van der Waals surface area (Å²) in [7, 11) is 3.42. The summed E-state index contributed by atoms with van der Waals surface area (Å²) in [4.78, 5) is 0. The highest BCUT2D eigenvalue weighted by Gasteiger charge is 2.16. The lowest BCUT2D eigenvalue weighted by atomic mass is 10.1. The zero-order chi connectivity index (χ0) is 16.8. The highest BCUT2D eigenvalue weighted by Crippen LogP contribution is 2.28. The first-order valence-electron chi connectivity index (χ1n) is 7.92. The van der Waals surface area contributed by atoms with Gasteiger partial charge in [0.15, 0.2) is 37.9 Å². The van der Waals surface area contributed by atoms with Crippen molar-refractivity contribution in [3.8, 4) is 11.5 Å². The van der Waals surface area contributed by atoms with Crippen LogP contribution in [0, 0.1) is 0 Å². The quantitative estimate of drug-likeness (QED) is 0.651. The number of aromatic nitrogens is 2. The molecule has 4 nitrogen and oxygen atoms in total. The number of hydrogen-bond acceptors (Lipinski definition) is 2. The second kappa shape index (κ2) is 7.59. The van der Waals surface area contributed by atoms with Crippen molar-refractivity contribution < 1.29 is 18.6 Å². The van der Waals surface area contributed by atoms with Gasteiger partial charge in [0.2, 0.25) is 0 Å². The molecule has 4 heteroatoms. The summed E-state index contributed by atoms with van der Waals surface area (Å²) in [6.07, 6.45) is 8.17. The van der Waals surface area contributed by atoms with Crippen LogP contribution in [0.1, 0.15) is 11.1 Å². The molecule has 122 valence electrons. The number of nitrogens with zero attached hydrogens (tertiary/aromatic N) is 2.